The average Bonchev–Trinajstić information content (AvgIpc) is 2.89. The predicted molar refractivity (Wildman–Crippen MR) is 85.3 cm³/mol. The van der Waals surface area contributed by atoms with E-state index in [0.717, 1.165) is 23.2 Å². The van der Waals surface area contributed by atoms with Gasteiger partial charge < -0.3 is 15.0 Å². The average molecular weight is 318 g/mol. The number of hydrogen-bond donors (Lipinski definition) is 1. The second kappa shape index (κ2) is 6.31. The van der Waals surface area contributed by atoms with Gasteiger partial charge in [0.1, 0.15) is 10.8 Å². The maximum Gasteiger partial charge on any atom is 0.261 e. The lowest BCUT2D eigenvalue weighted by molar-refractivity contribution is -0.128. The molecule has 1 fully saturated rings. The SMILES string of the molecule is Cc1nnc(N2CC(NC(=O)C(C)Oc3ccccc3)C2)s1. The summed E-state index contributed by atoms with van der Waals surface area (Å²) in [6.45, 7) is 5.21. The minimum atomic E-state index is -0.514. The molecular formula is C15H18N4O2S. The molecule has 0 bridgehead atoms. The predicted octanol–water partition coefficient (Wildman–Crippen LogP) is 1.62. The van der Waals surface area contributed by atoms with Gasteiger partial charge in [-0.25, -0.2) is 0 Å². The molecule has 0 radical (unpaired) electrons. The van der Waals surface area contributed by atoms with E-state index in [1.54, 1.807) is 18.3 Å². The zero-order chi connectivity index (χ0) is 15.5. The quantitative estimate of drug-likeness (QED) is 0.907. The number of nitrogens with one attached hydrogen (secondary N) is 1. The Morgan fingerprint density at radius 1 is 1.36 bits per heavy atom. The Morgan fingerprint density at radius 3 is 2.73 bits per heavy atom. The fraction of sp³-hybridized carbons (Fsp3) is 0.400. The molecule has 116 valence electrons. The van der Waals surface area contributed by atoms with E-state index in [2.05, 4.69) is 20.4 Å². The van der Waals surface area contributed by atoms with Crippen molar-refractivity contribution in [1.82, 2.24) is 15.5 Å². The Bertz CT molecular complexity index is 640. The Labute approximate surface area is 133 Å². The van der Waals surface area contributed by atoms with Crippen LogP contribution in [0.3, 0.4) is 0 Å². The van der Waals surface area contributed by atoms with Crippen LogP contribution in [0.4, 0.5) is 5.13 Å². The zero-order valence-electron chi connectivity index (χ0n) is 12.5. The highest BCUT2D eigenvalue weighted by Gasteiger charge is 2.31. The van der Waals surface area contributed by atoms with E-state index in [4.69, 9.17) is 4.74 Å². The normalized spacial score (nSPS) is 16.0. The first-order chi connectivity index (χ1) is 10.6. The largest absolute Gasteiger partial charge is 0.481 e. The Hall–Kier alpha value is -2.15. The van der Waals surface area contributed by atoms with Crippen molar-refractivity contribution in [3.05, 3.63) is 35.3 Å². The molecule has 1 aliphatic rings. The molecular weight excluding hydrogens is 300 g/mol. The molecule has 1 aliphatic heterocycles. The highest BCUT2D eigenvalue weighted by atomic mass is 32.1. The van der Waals surface area contributed by atoms with Crippen LogP contribution in [-0.2, 0) is 4.79 Å². The molecule has 1 amide bonds. The molecule has 1 unspecified atom stereocenters. The highest BCUT2D eigenvalue weighted by molar-refractivity contribution is 7.15. The first-order valence-electron chi connectivity index (χ1n) is 7.19. The molecule has 6 nitrogen and oxygen atoms in total. The summed E-state index contributed by atoms with van der Waals surface area (Å²) in [7, 11) is 0. The molecule has 3 rings (SSSR count). The molecule has 1 aromatic carbocycles. The van der Waals surface area contributed by atoms with Gasteiger partial charge in [-0.3, -0.25) is 4.79 Å². The second-order valence-electron chi connectivity index (χ2n) is 5.29. The van der Waals surface area contributed by atoms with Gasteiger partial charge in [-0.05, 0) is 26.0 Å². The summed E-state index contributed by atoms with van der Waals surface area (Å²) in [5.74, 6) is 0.603. The summed E-state index contributed by atoms with van der Waals surface area (Å²) >= 11 is 1.57. The number of rotatable bonds is 5. The van der Waals surface area contributed by atoms with Crippen LogP contribution in [0, 0.1) is 6.92 Å². The van der Waals surface area contributed by atoms with Gasteiger partial charge in [-0.1, -0.05) is 29.5 Å². The van der Waals surface area contributed by atoms with E-state index in [9.17, 15) is 4.79 Å². The van der Waals surface area contributed by atoms with Gasteiger partial charge in [0.2, 0.25) is 5.13 Å². The lowest BCUT2D eigenvalue weighted by Gasteiger charge is -2.39. The number of hydrogen-bond acceptors (Lipinski definition) is 6. The molecule has 1 saturated heterocycles. The number of aryl methyl sites for hydroxylation is 1. The summed E-state index contributed by atoms with van der Waals surface area (Å²) in [6.07, 6.45) is -0.514. The Balaban J connectivity index is 1.45. The van der Waals surface area contributed by atoms with Crippen LogP contribution in [0.25, 0.3) is 0 Å². The number of ether oxygens (including phenoxy) is 1. The number of amides is 1. The third-order valence-electron chi connectivity index (χ3n) is 3.44. The number of nitrogens with zero attached hydrogens (tertiary/aromatic N) is 3. The van der Waals surface area contributed by atoms with Gasteiger partial charge in [0.25, 0.3) is 5.91 Å². The lowest BCUT2D eigenvalue weighted by Crippen LogP contribution is -2.61. The number of anilines is 1. The minimum Gasteiger partial charge on any atom is -0.481 e. The van der Waals surface area contributed by atoms with Crippen LogP contribution >= 0.6 is 11.3 Å². The zero-order valence-corrected chi connectivity index (χ0v) is 13.3. The van der Waals surface area contributed by atoms with Gasteiger partial charge in [0, 0.05) is 13.1 Å². The van der Waals surface area contributed by atoms with Crippen molar-refractivity contribution in [3.8, 4) is 5.75 Å². The summed E-state index contributed by atoms with van der Waals surface area (Å²) in [5.41, 5.74) is 0. The van der Waals surface area contributed by atoms with E-state index < -0.39 is 6.10 Å². The standard InChI is InChI=1S/C15H18N4O2S/c1-10(21-13-6-4-3-5-7-13)14(20)16-12-8-19(9-12)15-18-17-11(2)22-15/h3-7,10,12H,8-9H2,1-2H3,(H,16,20). The fourth-order valence-corrected chi connectivity index (χ4v) is 2.92. The van der Waals surface area contributed by atoms with Gasteiger partial charge in [0.05, 0.1) is 6.04 Å². The van der Waals surface area contributed by atoms with Gasteiger partial charge >= 0.3 is 0 Å². The molecule has 2 heterocycles. The summed E-state index contributed by atoms with van der Waals surface area (Å²) < 4.78 is 5.61. The Morgan fingerprint density at radius 2 is 2.09 bits per heavy atom. The topological polar surface area (TPSA) is 67.4 Å². The molecule has 7 heteroatoms. The van der Waals surface area contributed by atoms with Crippen LogP contribution in [0.15, 0.2) is 30.3 Å². The maximum atomic E-state index is 12.1. The van der Waals surface area contributed by atoms with E-state index in [1.165, 1.54) is 0 Å². The minimum absolute atomic E-state index is 0.0954. The third-order valence-corrected chi connectivity index (χ3v) is 4.34. The van der Waals surface area contributed by atoms with Crippen LogP contribution in [0.5, 0.6) is 5.75 Å². The number of para-hydroxylation sites is 1. The fourth-order valence-electron chi connectivity index (χ4n) is 2.22. The van der Waals surface area contributed by atoms with E-state index in [0.29, 0.717) is 5.75 Å². The van der Waals surface area contributed by atoms with Gasteiger partial charge in [-0.2, -0.15) is 0 Å². The van der Waals surface area contributed by atoms with Crippen molar-refractivity contribution in [2.24, 2.45) is 0 Å². The van der Waals surface area contributed by atoms with Crippen LogP contribution in [0.1, 0.15) is 11.9 Å². The molecule has 2 aromatic rings. The van der Waals surface area contributed by atoms with Crippen molar-refractivity contribution in [2.75, 3.05) is 18.0 Å². The summed E-state index contributed by atoms with van der Waals surface area (Å²) in [4.78, 5) is 14.2. The molecule has 0 spiro atoms. The van der Waals surface area contributed by atoms with Crippen LogP contribution < -0.4 is 15.0 Å². The Kier molecular flexibility index (Phi) is 4.24. The molecule has 0 aliphatic carbocycles. The molecule has 1 aromatic heterocycles. The first kappa shape index (κ1) is 14.8. The number of carbonyl (C=O) groups is 1. The third kappa shape index (κ3) is 3.36. The lowest BCUT2D eigenvalue weighted by atomic mass is 10.1. The van der Waals surface area contributed by atoms with Gasteiger partial charge in [0.15, 0.2) is 6.10 Å². The highest BCUT2D eigenvalue weighted by Crippen LogP contribution is 2.24. The van der Waals surface area contributed by atoms with Crippen molar-refractivity contribution in [3.63, 3.8) is 0 Å². The van der Waals surface area contributed by atoms with Crippen molar-refractivity contribution in [2.45, 2.75) is 26.0 Å². The molecule has 1 atom stereocenters. The second-order valence-corrected chi connectivity index (χ2v) is 6.45. The summed E-state index contributed by atoms with van der Waals surface area (Å²) in [6, 6.07) is 9.50. The maximum absolute atomic E-state index is 12.1. The van der Waals surface area contributed by atoms with Gasteiger partial charge in [-0.15, -0.1) is 10.2 Å². The van der Waals surface area contributed by atoms with E-state index in [-0.39, 0.29) is 11.9 Å². The van der Waals surface area contributed by atoms with Crippen LogP contribution in [-0.4, -0.2) is 41.3 Å². The smallest absolute Gasteiger partial charge is 0.261 e. The first-order valence-corrected chi connectivity index (χ1v) is 8.00. The van der Waals surface area contributed by atoms with Crippen molar-refractivity contribution < 1.29 is 9.53 Å². The molecule has 22 heavy (non-hydrogen) atoms. The summed E-state index contributed by atoms with van der Waals surface area (Å²) in [5, 5.41) is 13.0. The number of carbonyl (C=O) groups excluding carboxylic acids is 1. The van der Waals surface area contributed by atoms with Crippen molar-refractivity contribution in [1.29, 1.82) is 0 Å². The monoisotopic (exact) mass is 318 g/mol. The molecule has 1 N–H and O–H groups in total. The number of aromatic nitrogens is 2. The van der Waals surface area contributed by atoms with Crippen molar-refractivity contribution >= 4 is 22.4 Å². The number of benzene rings is 1. The van der Waals surface area contributed by atoms with E-state index in [1.807, 2.05) is 37.3 Å². The molecule has 0 saturated carbocycles. The van der Waals surface area contributed by atoms with E-state index >= 15 is 0 Å². The van der Waals surface area contributed by atoms with Crippen LogP contribution in [0.2, 0.25) is 0 Å².